The highest BCUT2D eigenvalue weighted by Gasteiger charge is 2.10. The van der Waals surface area contributed by atoms with Gasteiger partial charge in [0.15, 0.2) is 0 Å². The van der Waals surface area contributed by atoms with Crippen molar-refractivity contribution in [3.05, 3.63) is 95.7 Å². The van der Waals surface area contributed by atoms with Crippen LogP contribution >= 0.6 is 0 Å². The molecule has 166 valence electrons. The summed E-state index contributed by atoms with van der Waals surface area (Å²) in [6.45, 7) is 5.52. The van der Waals surface area contributed by atoms with E-state index in [9.17, 15) is 4.79 Å². The van der Waals surface area contributed by atoms with E-state index in [2.05, 4.69) is 19.9 Å². The zero-order valence-electron chi connectivity index (χ0n) is 18.7. The molecule has 0 atom stereocenters. The number of hydrogen-bond donors (Lipinski definition) is 1. The number of rotatable bonds is 7. The number of benzene rings is 2. The maximum absolute atomic E-state index is 12.7. The molecule has 3 aromatic heterocycles. The first kappa shape index (κ1) is 20.8. The van der Waals surface area contributed by atoms with Gasteiger partial charge in [0.2, 0.25) is 0 Å². The Morgan fingerprint density at radius 1 is 1.00 bits per heavy atom. The lowest BCUT2D eigenvalue weighted by Gasteiger charge is -2.10. The second-order valence-electron chi connectivity index (χ2n) is 8.08. The maximum atomic E-state index is 12.7. The zero-order valence-corrected chi connectivity index (χ0v) is 18.7. The summed E-state index contributed by atoms with van der Waals surface area (Å²) in [4.78, 5) is 21.8. The summed E-state index contributed by atoms with van der Waals surface area (Å²) in [6.07, 6.45) is 3.99. The van der Waals surface area contributed by atoms with E-state index >= 15 is 0 Å². The third-order valence-corrected chi connectivity index (χ3v) is 5.60. The van der Waals surface area contributed by atoms with Gasteiger partial charge in [0.05, 0.1) is 16.7 Å². The molecule has 7 nitrogen and oxygen atoms in total. The predicted octanol–water partition coefficient (Wildman–Crippen LogP) is 4.31. The molecule has 0 aliphatic heterocycles. The number of carbonyl (C=O) groups is 1. The number of hydrogen-bond acceptors (Lipinski definition) is 4. The van der Waals surface area contributed by atoms with Gasteiger partial charge in [-0.1, -0.05) is 24.3 Å². The van der Waals surface area contributed by atoms with Crippen LogP contribution in [0.4, 0.5) is 0 Å². The number of carbonyl (C=O) groups excluding carboxylic acids is 1. The number of imidazole rings is 2. The molecule has 0 saturated carbocycles. The zero-order chi connectivity index (χ0) is 22.8. The minimum atomic E-state index is -0.134. The van der Waals surface area contributed by atoms with Crippen molar-refractivity contribution in [2.45, 2.75) is 27.0 Å². The minimum absolute atomic E-state index is 0.134. The quantitative estimate of drug-likeness (QED) is 0.410. The Labute approximate surface area is 191 Å². The lowest BCUT2D eigenvalue weighted by atomic mass is 10.2. The van der Waals surface area contributed by atoms with Gasteiger partial charge in [-0.25, -0.2) is 9.97 Å². The molecule has 0 bridgehead atoms. The normalized spacial score (nSPS) is 11.2. The summed E-state index contributed by atoms with van der Waals surface area (Å²) in [7, 11) is 0. The van der Waals surface area contributed by atoms with Crippen LogP contribution in [0.1, 0.15) is 27.4 Å². The Balaban J connectivity index is 1.20. The van der Waals surface area contributed by atoms with Gasteiger partial charge in [-0.2, -0.15) is 0 Å². The van der Waals surface area contributed by atoms with Gasteiger partial charge in [-0.15, -0.1) is 0 Å². The Kier molecular flexibility index (Phi) is 5.52. The van der Waals surface area contributed by atoms with E-state index < -0.39 is 0 Å². The fraction of sp³-hybridized carbons (Fsp3) is 0.192. The number of para-hydroxylation sites is 2. The van der Waals surface area contributed by atoms with Crippen LogP contribution < -0.4 is 10.1 Å². The number of amides is 1. The first-order chi connectivity index (χ1) is 16.1. The molecule has 0 aliphatic rings. The molecule has 1 N–H and O–H groups in total. The molecule has 0 saturated heterocycles. The Morgan fingerprint density at radius 2 is 1.88 bits per heavy atom. The van der Waals surface area contributed by atoms with E-state index in [0.717, 1.165) is 28.2 Å². The highest BCUT2D eigenvalue weighted by molar-refractivity contribution is 5.94. The van der Waals surface area contributed by atoms with E-state index in [1.165, 1.54) is 5.56 Å². The largest absolute Gasteiger partial charge is 0.487 e. The minimum Gasteiger partial charge on any atom is -0.487 e. The first-order valence-electron chi connectivity index (χ1n) is 10.9. The summed E-state index contributed by atoms with van der Waals surface area (Å²) >= 11 is 0. The van der Waals surface area contributed by atoms with Crippen LogP contribution in [0.5, 0.6) is 5.75 Å². The topological polar surface area (TPSA) is 73.4 Å². The number of pyridine rings is 1. The van der Waals surface area contributed by atoms with Gasteiger partial charge < -0.3 is 19.0 Å². The third kappa shape index (κ3) is 4.43. The summed E-state index contributed by atoms with van der Waals surface area (Å²) in [5, 5.41) is 2.99. The molecule has 1 amide bonds. The van der Waals surface area contributed by atoms with Gasteiger partial charge in [0.25, 0.3) is 5.91 Å². The van der Waals surface area contributed by atoms with Gasteiger partial charge in [0, 0.05) is 31.0 Å². The molecule has 0 radical (unpaired) electrons. The molecule has 0 fully saturated rings. The maximum Gasteiger partial charge on any atom is 0.251 e. The number of aryl methyl sites for hydroxylation is 2. The van der Waals surface area contributed by atoms with Crippen molar-refractivity contribution in [1.82, 2.24) is 24.3 Å². The molecule has 5 aromatic rings. The predicted molar refractivity (Wildman–Crippen MR) is 128 cm³/mol. The van der Waals surface area contributed by atoms with Gasteiger partial charge >= 0.3 is 0 Å². The number of nitrogens with zero attached hydrogens (tertiary/aromatic N) is 4. The van der Waals surface area contributed by atoms with Crippen molar-refractivity contribution in [3.8, 4) is 5.75 Å². The molecular weight excluding hydrogens is 414 g/mol. The molecule has 3 heterocycles. The lowest BCUT2D eigenvalue weighted by Crippen LogP contribution is -2.27. The summed E-state index contributed by atoms with van der Waals surface area (Å²) in [5.41, 5.74) is 5.48. The van der Waals surface area contributed by atoms with Gasteiger partial charge in [-0.3, -0.25) is 4.79 Å². The third-order valence-electron chi connectivity index (χ3n) is 5.60. The van der Waals surface area contributed by atoms with Gasteiger partial charge in [0.1, 0.15) is 23.8 Å². The summed E-state index contributed by atoms with van der Waals surface area (Å²) in [5.74, 6) is 1.43. The van der Waals surface area contributed by atoms with E-state index in [-0.39, 0.29) is 5.91 Å². The summed E-state index contributed by atoms with van der Waals surface area (Å²) in [6, 6.07) is 19.2. The fourth-order valence-corrected chi connectivity index (χ4v) is 3.97. The van der Waals surface area contributed by atoms with Crippen molar-refractivity contribution >= 4 is 22.6 Å². The first-order valence-corrected chi connectivity index (χ1v) is 10.9. The average molecular weight is 440 g/mol. The Morgan fingerprint density at radius 3 is 2.79 bits per heavy atom. The van der Waals surface area contributed by atoms with Crippen molar-refractivity contribution in [2.75, 3.05) is 6.54 Å². The number of aromatic nitrogens is 4. The molecule has 0 aliphatic carbocycles. The second-order valence-corrected chi connectivity index (χ2v) is 8.08. The summed E-state index contributed by atoms with van der Waals surface area (Å²) < 4.78 is 10.0. The van der Waals surface area contributed by atoms with Crippen LogP contribution in [0.2, 0.25) is 0 Å². The molecule has 2 aromatic carbocycles. The molecule has 0 unspecified atom stereocenters. The van der Waals surface area contributed by atoms with E-state index in [1.54, 1.807) is 12.1 Å². The SMILES string of the molecule is Cc1ccc2nc(COc3cccc(C(=O)NCCn4c(C)nc5ccccc54)c3)cn2c1. The van der Waals surface area contributed by atoms with E-state index in [1.807, 2.05) is 79.2 Å². The van der Waals surface area contributed by atoms with Gasteiger partial charge in [-0.05, 0) is 55.8 Å². The number of fused-ring (bicyclic) bond motifs is 2. The van der Waals surface area contributed by atoms with Crippen LogP contribution in [0.25, 0.3) is 16.7 Å². The molecule has 0 spiro atoms. The van der Waals surface area contributed by atoms with Crippen LogP contribution in [-0.2, 0) is 13.2 Å². The highest BCUT2D eigenvalue weighted by atomic mass is 16.5. The van der Waals surface area contributed by atoms with Crippen molar-refractivity contribution in [1.29, 1.82) is 0 Å². The molecule has 33 heavy (non-hydrogen) atoms. The Bertz CT molecular complexity index is 1450. The standard InChI is InChI=1S/C26H25N5O2/c1-18-10-11-25-29-21(16-30(25)15-18)17-33-22-7-5-6-20(14-22)26(32)27-12-13-31-19(2)28-23-8-3-4-9-24(23)31/h3-11,14-16H,12-13,17H2,1-2H3,(H,27,32). The Hall–Kier alpha value is -4.13. The van der Waals surface area contributed by atoms with Crippen molar-refractivity contribution in [3.63, 3.8) is 0 Å². The fourth-order valence-electron chi connectivity index (χ4n) is 3.97. The molecule has 7 heteroatoms. The van der Waals surface area contributed by atoms with Crippen LogP contribution in [0.3, 0.4) is 0 Å². The molecule has 5 rings (SSSR count). The highest BCUT2D eigenvalue weighted by Crippen LogP contribution is 2.17. The number of nitrogens with one attached hydrogen (secondary N) is 1. The lowest BCUT2D eigenvalue weighted by molar-refractivity contribution is 0.0952. The van der Waals surface area contributed by atoms with Crippen molar-refractivity contribution < 1.29 is 9.53 Å². The molecular formula is C26H25N5O2. The van der Waals surface area contributed by atoms with Crippen molar-refractivity contribution in [2.24, 2.45) is 0 Å². The monoisotopic (exact) mass is 439 g/mol. The van der Waals surface area contributed by atoms with E-state index in [4.69, 9.17) is 4.74 Å². The average Bonchev–Trinajstić information content (AvgIpc) is 3.37. The second kappa shape index (κ2) is 8.78. The smallest absolute Gasteiger partial charge is 0.251 e. The van der Waals surface area contributed by atoms with Crippen LogP contribution in [0, 0.1) is 13.8 Å². The van der Waals surface area contributed by atoms with E-state index in [0.29, 0.717) is 31.0 Å². The number of ether oxygens (including phenoxy) is 1. The van der Waals surface area contributed by atoms with Crippen LogP contribution in [-0.4, -0.2) is 31.4 Å². The van der Waals surface area contributed by atoms with Crippen LogP contribution in [0.15, 0.2) is 73.1 Å².